The van der Waals surface area contributed by atoms with Crippen molar-refractivity contribution in [1.82, 2.24) is 0 Å². The summed E-state index contributed by atoms with van der Waals surface area (Å²) in [6.07, 6.45) is -1.10. The van der Waals surface area contributed by atoms with E-state index in [1.54, 1.807) is 0 Å². The van der Waals surface area contributed by atoms with E-state index in [0.717, 1.165) is 0 Å². The monoisotopic (exact) mass is 265 g/mol. The Morgan fingerprint density at radius 3 is 2.58 bits per heavy atom. The molecule has 0 fully saturated rings. The minimum atomic E-state index is -1.10. The average Bonchev–Trinajstić information content (AvgIpc) is 2.31. The summed E-state index contributed by atoms with van der Waals surface area (Å²) in [4.78, 5) is 22.9. The second-order valence-corrected chi connectivity index (χ2v) is 3.94. The van der Waals surface area contributed by atoms with Gasteiger partial charge in [-0.25, -0.2) is 9.59 Å². The molecule has 0 heterocycles. The Morgan fingerprint density at radius 1 is 1.37 bits per heavy atom. The molecule has 19 heavy (non-hydrogen) atoms. The fourth-order valence-electron chi connectivity index (χ4n) is 1.21. The summed E-state index contributed by atoms with van der Waals surface area (Å²) in [7, 11) is 0. The van der Waals surface area contributed by atoms with E-state index in [9.17, 15) is 14.7 Å². The van der Waals surface area contributed by atoms with Gasteiger partial charge in [0.05, 0.1) is 0 Å². The zero-order chi connectivity index (χ0) is 14.6. The first-order valence-corrected chi connectivity index (χ1v) is 5.47. The number of ether oxygens (including phenoxy) is 2. The highest BCUT2D eigenvalue weighted by molar-refractivity contribution is 5.93. The van der Waals surface area contributed by atoms with Crippen LogP contribution in [0.15, 0.2) is 30.4 Å². The van der Waals surface area contributed by atoms with Gasteiger partial charge in [0.15, 0.2) is 0 Å². The third kappa shape index (κ3) is 4.02. The maximum atomic E-state index is 11.7. The summed E-state index contributed by atoms with van der Waals surface area (Å²) in [6.45, 7) is 6.25. The molecule has 0 aromatic heterocycles. The molecule has 0 saturated heterocycles. The minimum absolute atomic E-state index is 0.0989. The van der Waals surface area contributed by atoms with Crippen LogP contribution in [0.2, 0.25) is 0 Å². The fraction of sp³-hybridized carbons (Fsp3) is 0.231. The maximum Gasteiger partial charge on any atom is 0.345 e. The van der Waals surface area contributed by atoms with Crippen LogP contribution in [0.25, 0.3) is 0 Å². The van der Waals surface area contributed by atoms with Gasteiger partial charge in [-0.2, -0.15) is 0 Å². The largest absolute Gasteiger partial charge is 0.507 e. The van der Waals surface area contributed by atoms with Gasteiger partial charge in [-0.3, -0.25) is 0 Å². The molecule has 1 unspecified atom stereocenters. The Morgan fingerprint density at radius 2 is 2.00 bits per heavy atom. The lowest BCUT2D eigenvalue weighted by atomic mass is 10.2. The van der Waals surface area contributed by atoms with Gasteiger partial charge in [-0.05, 0) is 25.1 Å². The summed E-state index contributed by atoms with van der Waals surface area (Å²) in [5.41, 5.74) is 5.89. The lowest BCUT2D eigenvalue weighted by Crippen LogP contribution is -2.22. The quantitative estimate of drug-likeness (QED) is 0.282. The zero-order valence-electron chi connectivity index (χ0n) is 10.7. The highest BCUT2D eigenvalue weighted by atomic mass is 16.7. The molecule has 0 aliphatic rings. The van der Waals surface area contributed by atoms with Crippen molar-refractivity contribution >= 4 is 17.6 Å². The van der Waals surface area contributed by atoms with Gasteiger partial charge >= 0.3 is 11.9 Å². The summed E-state index contributed by atoms with van der Waals surface area (Å²) in [5, 5.41) is 9.51. The van der Waals surface area contributed by atoms with Crippen molar-refractivity contribution in [1.29, 1.82) is 0 Å². The van der Waals surface area contributed by atoms with Gasteiger partial charge in [0.25, 0.3) is 0 Å². The van der Waals surface area contributed by atoms with E-state index in [-0.39, 0.29) is 16.9 Å². The lowest BCUT2D eigenvalue weighted by Gasteiger charge is -2.14. The number of aromatic hydroxyl groups is 1. The molecule has 0 bridgehead atoms. The molecule has 0 aliphatic carbocycles. The van der Waals surface area contributed by atoms with Crippen LogP contribution >= 0.6 is 0 Å². The standard InChI is InChI=1S/C13H15NO5/c1-7(2)12(16)18-8(3)19-13(17)10-6-9(14)4-5-11(10)15/h4-6,8,15H,1,14H2,2-3H3. The van der Waals surface area contributed by atoms with Crippen molar-refractivity contribution in [2.75, 3.05) is 5.73 Å². The van der Waals surface area contributed by atoms with E-state index < -0.39 is 18.2 Å². The van der Waals surface area contributed by atoms with Crippen molar-refractivity contribution in [2.24, 2.45) is 0 Å². The molecule has 3 N–H and O–H groups in total. The van der Waals surface area contributed by atoms with Crippen LogP contribution in [0.1, 0.15) is 24.2 Å². The first-order valence-electron chi connectivity index (χ1n) is 5.47. The first kappa shape index (κ1) is 14.6. The molecule has 1 aromatic carbocycles. The number of nitrogens with two attached hydrogens (primary N) is 1. The van der Waals surface area contributed by atoms with E-state index in [1.807, 2.05) is 0 Å². The van der Waals surface area contributed by atoms with E-state index in [0.29, 0.717) is 5.69 Å². The summed E-state index contributed by atoms with van der Waals surface area (Å²) < 4.78 is 9.63. The Kier molecular flexibility index (Phi) is 4.52. The number of hydrogen-bond acceptors (Lipinski definition) is 6. The van der Waals surface area contributed by atoms with Crippen LogP contribution in [0.4, 0.5) is 5.69 Å². The highest BCUT2D eigenvalue weighted by Crippen LogP contribution is 2.21. The van der Waals surface area contributed by atoms with E-state index >= 15 is 0 Å². The molecule has 1 atom stereocenters. The van der Waals surface area contributed by atoms with Crippen molar-refractivity contribution in [2.45, 2.75) is 20.1 Å². The number of rotatable bonds is 4. The number of benzene rings is 1. The lowest BCUT2D eigenvalue weighted by molar-refractivity contribution is -0.160. The molecule has 0 saturated carbocycles. The molecule has 0 aliphatic heterocycles. The summed E-state index contributed by atoms with van der Waals surface area (Å²) in [5.74, 6) is -1.78. The summed E-state index contributed by atoms with van der Waals surface area (Å²) >= 11 is 0. The van der Waals surface area contributed by atoms with Gasteiger partial charge in [0.2, 0.25) is 6.29 Å². The third-order valence-corrected chi connectivity index (χ3v) is 2.13. The van der Waals surface area contributed by atoms with Crippen molar-refractivity contribution < 1.29 is 24.2 Å². The van der Waals surface area contributed by atoms with E-state index in [1.165, 1.54) is 32.0 Å². The molecule has 0 spiro atoms. The number of phenols is 1. The number of esters is 2. The Bertz CT molecular complexity index is 524. The van der Waals surface area contributed by atoms with Crippen LogP contribution in [0.3, 0.4) is 0 Å². The SMILES string of the molecule is C=C(C)C(=O)OC(C)OC(=O)c1cc(N)ccc1O. The third-order valence-electron chi connectivity index (χ3n) is 2.13. The van der Waals surface area contributed by atoms with Crippen LogP contribution in [-0.2, 0) is 14.3 Å². The van der Waals surface area contributed by atoms with Gasteiger partial charge in [-0.15, -0.1) is 0 Å². The van der Waals surface area contributed by atoms with Crippen molar-refractivity contribution in [3.8, 4) is 5.75 Å². The van der Waals surface area contributed by atoms with Crippen LogP contribution < -0.4 is 5.73 Å². The Balaban J connectivity index is 2.72. The predicted molar refractivity (Wildman–Crippen MR) is 68.3 cm³/mol. The van der Waals surface area contributed by atoms with Gasteiger partial charge in [-0.1, -0.05) is 6.58 Å². The van der Waals surface area contributed by atoms with Crippen molar-refractivity contribution in [3.63, 3.8) is 0 Å². The van der Waals surface area contributed by atoms with E-state index in [4.69, 9.17) is 15.2 Å². The molecule has 6 nitrogen and oxygen atoms in total. The van der Waals surface area contributed by atoms with Crippen LogP contribution in [0, 0.1) is 0 Å². The van der Waals surface area contributed by atoms with Gasteiger partial charge in [0, 0.05) is 18.2 Å². The van der Waals surface area contributed by atoms with Crippen LogP contribution in [0.5, 0.6) is 5.75 Å². The molecule has 6 heteroatoms. The molecular weight excluding hydrogens is 250 g/mol. The Hall–Kier alpha value is -2.50. The summed E-state index contributed by atoms with van der Waals surface area (Å²) in [6, 6.07) is 3.98. The predicted octanol–water partition coefficient (Wildman–Crippen LogP) is 1.60. The smallest absolute Gasteiger partial charge is 0.345 e. The first-order chi connectivity index (χ1) is 8.81. The van der Waals surface area contributed by atoms with Gasteiger partial charge in [0.1, 0.15) is 11.3 Å². The molecule has 1 aromatic rings. The Labute approximate surface area is 110 Å². The van der Waals surface area contributed by atoms with Crippen LogP contribution in [-0.4, -0.2) is 23.3 Å². The molecule has 102 valence electrons. The molecular formula is C13H15NO5. The highest BCUT2D eigenvalue weighted by Gasteiger charge is 2.18. The maximum absolute atomic E-state index is 11.7. The fourth-order valence-corrected chi connectivity index (χ4v) is 1.21. The number of phenolic OH excluding ortho intramolecular Hbond substituents is 1. The molecule has 0 amide bonds. The van der Waals surface area contributed by atoms with E-state index in [2.05, 4.69) is 6.58 Å². The second kappa shape index (κ2) is 5.90. The molecule has 0 radical (unpaired) electrons. The normalized spacial score (nSPS) is 11.5. The topological polar surface area (TPSA) is 98.9 Å². The number of carbonyl (C=O) groups excluding carboxylic acids is 2. The van der Waals surface area contributed by atoms with Gasteiger partial charge < -0.3 is 20.3 Å². The number of anilines is 1. The minimum Gasteiger partial charge on any atom is -0.507 e. The number of hydrogen-bond donors (Lipinski definition) is 2. The number of nitrogen functional groups attached to an aromatic ring is 1. The average molecular weight is 265 g/mol. The van der Waals surface area contributed by atoms with Crippen molar-refractivity contribution in [3.05, 3.63) is 35.9 Å². The second-order valence-electron chi connectivity index (χ2n) is 3.94. The molecule has 1 rings (SSSR count). The zero-order valence-corrected chi connectivity index (χ0v) is 10.7. The number of carbonyl (C=O) groups is 2.